The number of carbonyl (C=O) groups is 2. The zero-order valence-electron chi connectivity index (χ0n) is 22.0. The van der Waals surface area contributed by atoms with Crippen molar-refractivity contribution in [1.29, 1.82) is 0 Å². The first kappa shape index (κ1) is 24.9. The molecule has 9 heteroatoms. The van der Waals surface area contributed by atoms with E-state index >= 15 is 0 Å². The van der Waals surface area contributed by atoms with Gasteiger partial charge in [0.1, 0.15) is 11.5 Å². The molecule has 202 valence electrons. The quantitative estimate of drug-likeness (QED) is 0.383. The number of hydrogen-bond acceptors (Lipinski definition) is 7. The van der Waals surface area contributed by atoms with Crippen molar-refractivity contribution < 1.29 is 14.3 Å². The zero-order valence-corrected chi connectivity index (χ0v) is 22.8. The number of para-hydroxylation sites is 1. The number of nitrogens with one attached hydrogen (secondary N) is 1. The summed E-state index contributed by atoms with van der Waals surface area (Å²) in [4.78, 5) is 42.1. The van der Waals surface area contributed by atoms with Gasteiger partial charge in [0.15, 0.2) is 0 Å². The summed E-state index contributed by atoms with van der Waals surface area (Å²) < 4.78 is 5.52. The molecule has 0 unspecified atom stereocenters. The maximum absolute atomic E-state index is 14.0. The Bertz CT molecular complexity index is 1590. The average molecular weight is 552 g/mol. The maximum atomic E-state index is 14.0. The number of pyridine rings is 2. The maximum Gasteiger partial charge on any atom is 0.276 e. The summed E-state index contributed by atoms with van der Waals surface area (Å²) in [6.07, 6.45) is 4.56. The molecule has 3 aromatic heterocycles. The Morgan fingerprint density at radius 3 is 2.62 bits per heavy atom. The van der Waals surface area contributed by atoms with Crippen LogP contribution in [0, 0.1) is 0 Å². The fourth-order valence-electron chi connectivity index (χ4n) is 5.37. The minimum absolute atomic E-state index is 0.00106. The van der Waals surface area contributed by atoms with Gasteiger partial charge in [-0.05, 0) is 61.2 Å². The molecule has 1 aromatic carbocycles. The molecule has 40 heavy (non-hydrogen) atoms. The van der Waals surface area contributed by atoms with E-state index in [-0.39, 0.29) is 11.8 Å². The van der Waals surface area contributed by atoms with Gasteiger partial charge < -0.3 is 19.9 Å². The van der Waals surface area contributed by atoms with Crippen LogP contribution in [0.5, 0.6) is 0 Å². The van der Waals surface area contributed by atoms with Gasteiger partial charge in [0.25, 0.3) is 11.8 Å². The van der Waals surface area contributed by atoms with Crippen molar-refractivity contribution in [3.63, 3.8) is 0 Å². The number of hydrogen-bond donors (Lipinski definition) is 1. The van der Waals surface area contributed by atoms with Gasteiger partial charge in [-0.2, -0.15) is 0 Å². The minimum Gasteiger partial charge on any atom is -0.378 e. The predicted octanol–water partition coefficient (Wildman–Crippen LogP) is 4.80. The molecule has 0 spiro atoms. The number of anilines is 2. The number of nitrogens with zero attached hydrogens (tertiary/aromatic N) is 4. The van der Waals surface area contributed by atoms with Gasteiger partial charge in [0.2, 0.25) is 0 Å². The van der Waals surface area contributed by atoms with E-state index in [4.69, 9.17) is 9.72 Å². The van der Waals surface area contributed by atoms with E-state index in [1.165, 1.54) is 11.3 Å². The van der Waals surface area contributed by atoms with Crippen LogP contribution in [0.4, 0.5) is 11.5 Å². The van der Waals surface area contributed by atoms with Crippen LogP contribution in [0.15, 0.2) is 66.9 Å². The molecule has 2 aliphatic heterocycles. The van der Waals surface area contributed by atoms with Crippen LogP contribution in [-0.4, -0.2) is 60.7 Å². The second-order valence-electron chi connectivity index (χ2n) is 10.3. The second kappa shape index (κ2) is 10.5. The van der Waals surface area contributed by atoms with Crippen molar-refractivity contribution in [1.82, 2.24) is 15.3 Å². The summed E-state index contributed by atoms with van der Waals surface area (Å²) in [6.45, 7) is 3.35. The first-order chi connectivity index (χ1) is 19.7. The third-order valence-corrected chi connectivity index (χ3v) is 8.79. The third kappa shape index (κ3) is 4.76. The van der Waals surface area contributed by atoms with Gasteiger partial charge in [0, 0.05) is 47.9 Å². The molecule has 2 fully saturated rings. The van der Waals surface area contributed by atoms with E-state index in [0.717, 1.165) is 63.9 Å². The Hall–Kier alpha value is -4.08. The van der Waals surface area contributed by atoms with Gasteiger partial charge >= 0.3 is 0 Å². The number of rotatable bonds is 5. The van der Waals surface area contributed by atoms with Crippen LogP contribution in [0.3, 0.4) is 0 Å². The first-order valence-electron chi connectivity index (χ1n) is 13.8. The lowest BCUT2D eigenvalue weighted by Crippen LogP contribution is -2.37. The molecule has 0 atom stereocenters. The lowest BCUT2D eigenvalue weighted by molar-refractivity contribution is 0.0952. The molecule has 0 radical (unpaired) electrons. The summed E-state index contributed by atoms with van der Waals surface area (Å²) in [5, 5.41) is 3.10. The average Bonchev–Trinajstić information content (AvgIpc) is 3.75. The minimum atomic E-state index is -0.145. The topological polar surface area (TPSA) is 87.7 Å². The van der Waals surface area contributed by atoms with E-state index in [1.807, 2.05) is 59.5 Å². The SMILES string of the molecule is O=C(NC1CC1)c1cc2c(s1)-c1ccccc1N(C(=O)c1cccc(-c3cccnc3N3CCOCC3)n1)CC2. The van der Waals surface area contributed by atoms with Gasteiger partial charge in [0.05, 0.1) is 29.5 Å². The molecule has 1 N–H and O–H groups in total. The molecule has 2 amide bonds. The molecule has 4 aromatic rings. The van der Waals surface area contributed by atoms with Crippen LogP contribution >= 0.6 is 11.3 Å². The highest BCUT2D eigenvalue weighted by Gasteiger charge is 2.30. The molecular formula is C31H29N5O3S. The number of amides is 2. The van der Waals surface area contributed by atoms with Crippen molar-refractivity contribution in [3.05, 3.63) is 83.0 Å². The largest absolute Gasteiger partial charge is 0.378 e. The van der Waals surface area contributed by atoms with Crippen molar-refractivity contribution in [2.24, 2.45) is 0 Å². The first-order valence-corrected chi connectivity index (χ1v) is 14.6. The van der Waals surface area contributed by atoms with Gasteiger partial charge in [-0.25, -0.2) is 9.97 Å². The molecule has 1 saturated carbocycles. The van der Waals surface area contributed by atoms with E-state index in [9.17, 15) is 9.59 Å². The lowest BCUT2D eigenvalue weighted by Gasteiger charge is -2.29. The summed E-state index contributed by atoms with van der Waals surface area (Å²) in [5.74, 6) is 0.709. The normalized spacial score (nSPS) is 16.6. The fourth-order valence-corrected chi connectivity index (χ4v) is 6.52. The number of carbonyl (C=O) groups excluding carboxylic acids is 2. The number of fused-ring (bicyclic) bond motifs is 3. The van der Waals surface area contributed by atoms with Crippen molar-refractivity contribution >= 4 is 34.7 Å². The molecule has 0 bridgehead atoms. The van der Waals surface area contributed by atoms with Crippen LogP contribution in [0.25, 0.3) is 21.7 Å². The Morgan fingerprint density at radius 2 is 1.77 bits per heavy atom. The van der Waals surface area contributed by atoms with Crippen LogP contribution in [0.2, 0.25) is 0 Å². The fraction of sp³-hybridized carbons (Fsp3) is 0.290. The molecule has 5 heterocycles. The number of aromatic nitrogens is 2. The molecule has 1 aliphatic carbocycles. The standard InChI is InChI=1S/C31H29N5O3S/c37-30(33-21-10-11-21)27-19-20-12-14-36(26-9-2-1-5-23(26)28(20)40-27)31(38)25-8-3-7-24(34-25)22-6-4-13-32-29(22)35-15-17-39-18-16-35/h1-9,13,19,21H,10-12,14-18H2,(H,33,37). The second-order valence-corrected chi connectivity index (χ2v) is 11.4. The van der Waals surface area contributed by atoms with Crippen molar-refractivity contribution in [3.8, 4) is 21.7 Å². The number of morpholine rings is 1. The zero-order chi connectivity index (χ0) is 27.1. The number of thiophene rings is 1. The summed E-state index contributed by atoms with van der Waals surface area (Å²) in [6, 6.07) is 19.8. The summed E-state index contributed by atoms with van der Waals surface area (Å²) >= 11 is 1.51. The van der Waals surface area contributed by atoms with Crippen LogP contribution < -0.4 is 15.1 Å². The third-order valence-electron chi connectivity index (χ3n) is 7.58. The Balaban J connectivity index is 1.20. The summed E-state index contributed by atoms with van der Waals surface area (Å²) in [7, 11) is 0. The van der Waals surface area contributed by atoms with Gasteiger partial charge in [-0.1, -0.05) is 24.3 Å². The van der Waals surface area contributed by atoms with Gasteiger partial charge in [-0.15, -0.1) is 11.3 Å². The molecule has 7 rings (SSSR count). The lowest BCUT2D eigenvalue weighted by atomic mass is 10.1. The van der Waals surface area contributed by atoms with Gasteiger partial charge in [-0.3, -0.25) is 9.59 Å². The van der Waals surface area contributed by atoms with E-state index in [1.54, 1.807) is 12.3 Å². The van der Waals surface area contributed by atoms with Crippen molar-refractivity contribution in [2.75, 3.05) is 42.6 Å². The van der Waals surface area contributed by atoms with Crippen LogP contribution in [-0.2, 0) is 11.2 Å². The monoisotopic (exact) mass is 551 g/mol. The Labute approximate surface area is 236 Å². The molecule has 8 nitrogen and oxygen atoms in total. The highest BCUT2D eigenvalue weighted by molar-refractivity contribution is 7.17. The Kier molecular flexibility index (Phi) is 6.53. The molecular weight excluding hydrogens is 522 g/mol. The Morgan fingerprint density at radius 1 is 0.950 bits per heavy atom. The highest BCUT2D eigenvalue weighted by atomic mass is 32.1. The number of benzene rings is 1. The number of ether oxygens (including phenoxy) is 1. The van der Waals surface area contributed by atoms with E-state index in [2.05, 4.69) is 15.2 Å². The molecule has 1 saturated heterocycles. The smallest absolute Gasteiger partial charge is 0.276 e. The van der Waals surface area contributed by atoms with E-state index in [0.29, 0.717) is 43.6 Å². The highest BCUT2D eigenvalue weighted by Crippen LogP contribution is 2.42. The predicted molar refractivity (Wildman–Crippen MR) is 156 cm³/mol. The van der Waals surface area contributed by atoms with E-state index < -0.39 is 0 Å². The summed E-state index contributed by atoms with van der Waals surface area (Å²) in [5.41, 5.74) is 4.91. The van der Waals surface area contributed by atoms with Crippen molar-refractivity contribution in [2.45, 2.75) is 25.3 Å². The molecule has 3 aliphatic rings. The van der Waals surface area contributed by atoms with Crippen LogP contribution in [0.1, 0.15) is 38.6 Å².